The van der Waals surface area contributed by atoms with E-state index >= 15 is 0 Å². The monoisotopic (exact) mass is 424 g/mol. The minimum atomic E-state index is -0.440. The van der Waals surface area contributed by atoms with Crippen molar-refractivity contribution in [2.45, 2.75) is 42.7 Å². The average molecular weight is 425 g/mol. The molecule has 0 radical (unpaired) electrons. The molecule has 0 atom stereocenters. The Hall–Kier alpha value is -2.78. The highest BCUT2D eigenvalue weighted by Gasteiger charge is 2.23. The Labute approximate surface area is 174 Å². The topological polar surface area (TPSA) is 91.0 Å². The first-order valence-electron chi connectivity index (χ1n) is 9.17. The molecule has 0 bridgehead atoms. The first kappa shape index (κ1) is 18.3. The van der Waals surface area contributed by atoms with Crippen LogP contribution in [0.5, 0.6) is 0 Å². The second-order valence-corrected chi connectivity index (χ2v) is 8.74. The molecule has 5 rings (SSSR count). The summed E-state index contributed by atoms with van der Waals surface area (Å²) in [5.74, 6) is 0.334. The van der Waals surface area contributed by atoms with Gasteiger partial charge >= 0.3 is 5.97 Å². The number of hydrogen-bond donors (Lipinski definition) is 0. The summed E-state index contributed by atoms with van der Waals surface area (Å²) < 4.78 is 10.4. The molecule has 3 aromatic heterocycles. The van der Waals surface area contributed by atoms with Crippen LogP contribution >= 0.6 is 23.1 Å². The van der Waals surface area contributed by atoms with Crippen LogP contribution in [0.2, 0.25) is 0 Å². The average Bonchev–Trinajstić information content (AvgIpc) is 3.42. The maximum atomic E-state index is 12.7. The molecule has 0 unspecified atom stereocenters. The standard InChI is InChI=1S/C20H16N4O3S2/c1-11-23-16(27-24-11)9-26-20(25)13-5-2-3-7-15(13)29-19-17-12-6-4-8-14(12)28-18(17)21-10-22-19/h2-3,5,7,10H,4,6,8-9H2,1H3. The Morgan fingerprint density at radius 2 is 2.17 bits per heavy atom. The Kier molecular flexibility index (Phi) is 4.76. The summed E-state index contributed by atoms with van der Waals surface area (Å²) in [6, 6.07) is 7.37. The highest BCUT2D eigenvalue weighted by Crippen LogP contribution is 2.42. The van der Waals surface area contributed by atoms with Gasteiger partial charge in [-0.25, -0.2) is 14.8 Å². The third-order valence-corrected chi connectivity index (χ3v) is 6.96. The van der Waals surface area contributed by atoms with Gasteiger partial charge in [-0.05, 0) is 43.9 Å². The van der Waals surface area contributed by atoms with Gasteiger partial charge in [-0.3, -0.25) is 0 Å². The number of hydrogen-bond acceptors (Lipinski definition) is 9. The van der Waals surface area contributed by atoms with Crippen LogP contribution in [0.1, 0.15) is 38.9 Å². The summed E-state index contributed by atoms with van der Waals surface area (Å²) in [5, 5.41) is 5.70. The highest BCUT2D eigenvalue weighted by molar-refractivity contribution is 7.99. The number of nitrogens with zero attached hydrogens (tertiary/aromatic N) is 4. The molecule has 0 amide bonds. The Morgan fingerprint density at radius 1 is 1.28 bits per heavy atom. The first-order valence-corrected chi connectivity index (χ1v) is 10.8. The summed E-state index contributed by atoms with van der Waals surface area (Å²) in [6.45, 7) is 1.65. The second kappa shape index (κ2) is 7.57. The highest BCUT2D eigenvalue weighted by atomic mass is 32.2. The second-order valence-electron chi connectivity index (χ2n) is 6.63. The van der Waals surface area contributed by atoms with E-state index in [0.717, 1.165) is 33.0 Å². The van der Waals surface area contributed by atoms with E-state index in [1.54, 1.807) is 30.7 Å². The van der Waals surface area contributed by atoms with Gasteiger partial charge in [0.2, 0.25) is 0 Å². The van der Waals surface area contributed by atoms with Crippen LogP contribution in [0.25, 0.3) is 10.2 Å². The van der Waals surface area contributed by atoms with Crippen molar-refractivity contribution < 1.29 is 14.1 Å². The van der Waals surface area contributed by atoms with Gasteiger partial charge in [0.25, 0.3) is 5.89 Å². The predicted octanol–water partition coefficient (Wildman–Crippen LogP) is 4.38. The number of aryl methyl sites for hydroxylation is 3. The van der Waals surface area contributed by atoms with Crippen molar-refractivity contribution in [2.24, 2.45) is 0 Å². The molecular formula is C20H16N4O3S2. The molecule has 1 aliphatic carbocycles. The van der Waals surface area contributed by atoms with E-state index in [4.69, 9.17) is 9.26 Å². The van der Waals surface area contributed by atoms with E-state index < -0.39 is 5.97 Å². The zero-order chi connectivity index (χ0) is 19.8. The van der Waals surface area contributed by atoms with Crippen molar-refractivity contribution in [1.82, 2.24) is 20.1 Å². The normalized spacial score (nSPS) is 13.0. The molecule has 146 valence electrons. The third kappa shape index (κ3) is 3.51. The number of ether oxygens (including phenoxy) is 1. The van der Waals surface area contributed by atoms with E-state index in [-0.39, 0.29) is 12.5 Å². The first-order chi connectivity index (χ1) is 14.2. The van der Waals surface area contributed by atoms with Crippen molar-refractivity contribution >= 4 is 39.3 Å². The van der Waals surface area contributed by atoms with Crippen molar-refractivity contribution in [3.63, 3.8) is 0 Å². The molecule has 3 heterocycles. The van der Waals surface area contributed by atoms with Gasteiger partial charge < -0.3 is 9.26 Å². The lowest BCUT2D eigenvalue weighted by Gasteiger charge is -2.09. The SMILES string of the molecule is Cc1noc(COC(=O)c2ccccc2Sc2ncnc3sc4c(c23)CCC4)n1. The van der Waals surface area contributed by atoms with Gasteiger partial charge in [-0.1, -0.05) is 29.1 Å². The molecule has 9 heteroatoms. The van der Waals surface area contributed by atoms with Crippen LogP contribution in [0.4, 0.5) is 0 Å². The number of aromatic nitrogens is 4. The number of esters is 1. The van der Waals surface area contributed by atoms with Gasteiger partial charge in [-0.15, -0.1) is 11.3 Å². The maximum Gasteiger partial charge on any atom is 0.339 e. The zero-order valence-corrected chi connectivity index (χ0v) is 17.2. The summed E-state index contributed by atoms with van der Waals surface area (Å²) in [6.07, 6.45) is 4.94. The minimum absolute atomic E-state index is 0.0610. The molecule has 0 saturated carbocycles. The number of benzene rings is 1. The number of rotatable bonds is 5. The summed E-state index contributed by atoms with van der Waals surface area (Å²) in [4.78, 5) is 28.9. The van der Waals surface area contributed by atoms with E-state index in [0.29, 0.717) is 11.4 Å². The fourth-order valence-electron chi connectivity index (χ4n) is 3.41. The molecule has 0 saturated heterocycles. The number of carbonyl (C=O) groups is 1. The van der Waals surface area contributed by atoms with Crippen LogP contribution < -0.4 is 0 Å². The smallest absolute Gasteiger partial charge is 0.339 e. The molecule has 0 spiro atoms. The van der Waals surface area contributed by atoms with E-state index in [1.165, 1.54) is 28.6 Å². The Bertz CT molecular complexity index is 1220. The van der Waals surface area contributed by atoms with E-state index in [9.17, 15) is 4.79 Å². The molecule has 1 aromatic carbocycles. The largest absolute Gasteiger partial charge is 0.452 e. The predicted molar refractivity (Wildman–Crippen MR) is 108 cm³/mol. The van der Waals surface area contributed by atoms with Gasteiger partial charge in [0.05, 0.1) is 5.56 Å². The molecule has 0 aliphatic heterocycles. The molecule has 7 nitrogen and oxygen atoms in total. The van der Waals surface area contributed by atoms with E-state index in [1.807, 2.05) is 18.2 Å². The van der Waals surface area contributed by atoms with Crippen LogP contribution in [0.3, 0.4) is 0 Å². The van der Waals surface area contributed by atoms with Gasteiger partial charge in [0.15, 0.2) is 12.4 Å². The summed E-state index contributed by atoms with van der Waals surface area (Å²) in [5.41, 5.74) is 1.84. The third-order valence-electron chi connectivity index (χ3n) is 4.68. The molecule has 0 N–H and O–H groups in total. The molecule has 29 heavy (non-hydrogen) atoms. The van der Waals surface area contributed by atoms with Crippen LogP contribution in [-0.4, -0.2) is 26.1 Å². The minimum Gasteiger partial charge on any atom is -0.452 e. The van der Waals surface area contributed by atoms with Crippen molar-refractivity contribution in [1.29, 1.82) is 0 Å². The summed E-state index contributed by atoms with van der Waals surface area (Å²) in [7, 11) is 0. The zero-order valence-electron chi connectivity index (χ0n) is 15.5. The van der Waals surface area contributed by atoms with E-state index in [2.05, 4.69) is 20.1 Å². The lowest BCUT2D eigenvalue weighted by molar-refractivity contribution is 0.0425. The molecule has 0 fully saturated rings. The Morgan fingerprint density at radius 3 is 3.03 bits per heavy atom. The number of carbonyl (C=O) groups excluding carboxylic acids is 1. The van der Waals surface area contributed by atoms with Gasteiger partial charge in [-0.2, -0.15) is 4.98 Å². The number of thiophene rings is 1. The quantitative estimate of drug-likeness (QED) is 0.344. The van der Waals surface area contributed by atoms with Crippen LogP contribution in [0, 0.1) is 6.92 Å². The fourth-order valence-corrected chi connectivity index (χ4v) is 5.74. The van der Waals surface area contributed by atoms with Gasteiger partial charge in [0, 0.05) is 15.2 Å². The fraction of sp³-hybridized carbons (Fsp3) is 0.250. The summed E-state index contributed by atoms with van der Waals surface area (Å²) >= 11 is 3.22. The maximum absolute atomic E-state index is 12.7. The molecular weight excluding hydrogens is 408 g/mol. The van der Waals surface area contributed by atoms with Crippen molar-refractivity contribution in [3.05, 3.63) is 58.3 Å². The lowest BCUT2D eigenvalue weighted by atomic mass is 10.2. The van der Waals surface area contributed by atoms with Crippen molar-refractivity contribution in [2.75, 3.05) is 0 Å². The van der Waals surface area contributed by atoms with Crippen LogP contribution in [-0.2, 0) is 24.2 Å². The van der Waals surface area contributed by atoms with Gasteiger partial charge in [0.1, 0.15) is 16.2 Å². The Balaban J connectivity index is 1.43. The van der Waals surface area contributed by atoms with Crippen LogP contribution in [0.15, 0.2) is 45.0 Å². The van der Waals surface area contributed by atoms with Crippen molar-refractivity contribution in [3.8, 4) is 0 Å². The lowest BCUT2D eigenvalue weighted by Crippen LogP contribution is -2.07. The molecule has 4 aromatic rings. The molecule has 1 aliphatic rings. The number of fused-ring (bicyclic) bond motifs is 3.